The lowest BCUT2D eigenvalue weighted by atomic mass is 10.1. The van der Waals surface area contributed by atoms with Crippen molar-refractivity contribution in [3.05, 3.63) is 52.8 Å². The number of benzene rings is 2. The van der Waals surface area contributed by atoms with Crippen molar-refractivity contribution in [2.75, 3.05) is 21.3 Å². The highest BCUT2D eigenvalue weighted by Crippen LogP contribution is 2.39. The van der Waals surface area contributed by atoms with Crippen molar-refractivity contribution in [3.8, 4) is 23.0 Å². The Morgan fingerprint density at radius 3 is 2.21 bits per heavy atom. The minimum atomic E-state index is -0.137. The van der Waals surface area contributed by atoms with E-state index in [2.05, 4.69) is 0 Å². The Balaban J connectivity index is 2.02. The molecule has 0 radical (unpaired) electrons. The monoisotopic (exact) mass is 326 g/mol. The van der Waals surface area contributed by atoms with Gasteiger partial charge in [0.05, 0.1) is 26.9 Å². The molecule has 5 heteroatoms. The molecular formula is C19H18O5. The maximum absolute atomic E-state index is 12.5. The molecule has 24 heavy (non-hydrogen) atoms. The number of fused-ring (bicyclic) bond motifs is 1. The molecule has 0 aromatic heterocycles. The first-order chi connectivity index (χ1) is 11.6. The van der Waals surface area contributed by atoms with Crippen LogP contribution < -0.4 is 18.9 Å². The van der Waals surface area contributed by atoms with E-state index < -0.39 is 0 Å². The van der Waals surface area contributed by atoms with Gasteiger partial charge in [0.25, 0.3) is 0 Å². The number of hydrogen-bond acceptors (Lipinski definition) is 5. The Morgan fingerprint density at radius 2 is 1.62 bits per heavy atom. The summed E-state index contributed by atoms with van der Waals surface area (Å²) in [4.78, 5) is 12.5. The molecule has 2 aromatic carbocycles. The third-order valence-corrected chi connectivity index (χ3v) is 3.81. The Hall–Kier alpha value is -2.95. The van der Waals surface area contributed by atoms with Gasteiger partial charge in [0.15, 0.2) is 17.3 Å². The average molecular weight is 326 g/mol. The first kappa shape index (κ1) is 15.9. The highest BCUT2D eigenvalue weighted by molar-refractivity contribution is 6.14. The van der Waals surface area contributed by atoms with Crippen molar-refractivity contribution in [2.24, 2.45) is 0 Å². The van der Waals surface area contributed by atoms with Gasteiger partial charge >= 0.3 is 0 Å². The number of aryl methyl sites for hydroxylation is 1. The summed E-state index contributed by atoms with van der Waals surface area (Å²) in [5, 5.41) is 0. The molecule has 1 aliphatic heterocycles. The standard InChI is InChI=1S/C19H18O5/c1-11-5-6-14-13(7-11)18(20)15(24-14)8-12-9-16(21-2)19(23-4)17(10-12)22-3/h5-10H,1-4H3/b15-8-. The molecule has 0 unspecified atom stereocenters. The molecule has 0 bridgehead atoms. The Kier molecular flexibility index (Phi) is 4.16. The SMILES string of the molecule is COc1cc(/C=C2\Oc3ccc(C)cc3C2=O)cc(OC)c1OC. The lowest BCUT2D eigenvalue weighted by molar-refractivity contribution is 0.101. The number of methoxy groups -OCH3 is 3. The quantitative estimate of drug-likeness (QED) is 0.803. The van der Waals surface area contributed by atoms with Crippen LogP contribution in [0.1, 0.15) is 21.5 Å². The smallest absolute Gasteiger partial charge is 0.231 e. The van der Waals surface area contributed by atoms with Crippen molar-refractivity contribution >= 4 is 11.9 Å². The highest BCUT2D eigenvalue weighted by Gasteiger charge is 2.27. The van der Waals surface area contributed by atoms with Crippen LogP contribution in [-0.2, 0) is 0 Å². The van der Waals surface area contributed by atoms with Crippen molar-refractivity contribution in [2.45, 2.75) is 6.92 Å². The van der Waals surface area contributed by atoms with Crippen LogP contribution in [0.25, 0.3) is 6.08 Å². The van der Waals surface area contributed by atoms with E-state index in [0.717, 1.165) is 11.1 Å². The zero-order chi connectivity index (χ0) is 17.3. The second-order valence-electron chi connectivity index (χ2n) is 5.40. The van der Waals surface area contributed by atoms with Crippen LogP contribution in [0.5, 0.6) is 23.0 Å². The molecule has 0 aliphatic carbocycles. The molecule has 1 aliphatic rings. The van der Waals surface area contributed by atoms with E-state index in [0.29, 0.717) is 28.6 Å². The van der Waals surface area contributed by atoms with Gasteiger partial charge in [-0.1, -0.05) is 11.6 Å². The average Bonchev–Trinajstić information content (AvgIpc) is 2.89. The number of carbonyl (C=O) groups excluding carboxylic acids is 1. The van der Waals surface area contributed by atoms with Crippen LogP contribution in [-0.4, -0.2) is 27.1 Å². The molecule has 5 nitrogen and oxygen atoms in total. The molecule has 0 saturated heterocycles. The maximum atomic E-state index is 12.5. The molecular weight excluding hydrogens is 308 g/mol. The molecule has 3 rings (SSSR count). The Morgan fingerprint density at radius 1 is 0.958 bits per heavy atom. The van der Waals surface area contributed by atoms with Crippen LogP contribution in [0.3, 0.4) is 0 Å². The van der Waals surface area contributed by atoms with Crippen molar-refractivity contribution in [1.82, 2.24) is 0 Å². The summed E-state index contributed by atoms with van der Waals surface area (Å²) in [7, 11) is 4.63. The summed E-state index contributed by atoms with van der Waals surface area (Å²) in [6, 6.07) is 9.07. The van der Waals surface area contributed by atoms with Crippen molar-refractivity contribution in [3.63, 3.8) is 0 Å². The number of ether oxygens (including phenoxy) is 4. The van der Waals surface area contributed by atoms with Crippen LogP contribution in [0.4, 0.5) is 0 Å². The molecule has 0 N–H and O–H groups in total. The molecule has 0 saturated carbocycles. The predicted octanol–water partition coefficient (Wildman–Crippen LogP) is 3.64. The minimum absolute atomic E-state index is 0.137. The van der Waals surface area contributed by atoms with Gasteiger partial charge in [-0.3, -0.25) is 4.79 Å². The van der Waals surface area contributed by atoms with Gasteiger partial charge in [-0.25, -0.2) is 0 Å². The summed E-state index contributed by atoms with van der Waals surface area (Å²) < 4.78 is 21.6. The number of hydrogen-bond donors (Lipinski definition) is 0. The second-order valence-corrected chi connectivity index (χ2v) is 5.40. The van der Waals surface area contributed by atoms with E-state index >= 15 is 0 Å². The second kappa shape index (κ2) is 6.28. The Bertz CT molecular complexity index is 811. The molecule has 1 heterocycles. The topological polar surface area (TPSA) is 54.0 Å². The third-order valence-electron chi connectivity index (χ3n) is 3.81. The van der Waals surface area contributed by atoms with E-state index in [9.17, 15) is 4.79 Å². The zero-order valence-electron chi connectivity index (χ0n) is 14.0. The first-order valence-electron chi connectivity index (χ1n) is 7.42. The van der Waals surface area contributed by atoms with E-state index in [4.69, 9.17) is 18.9 Å². The minimum Gasteiger partial charge on any atom is -0.493 e. The molecule has 0 spiro atoms. The molecule has 2 aromatic rings. The van der Waals surface area contributed by atoms with Gasteiger partial charge in [0.1, 0.15) is 5.75 Å². The number of ketones is 1. The zero-order valence-corrected chi connectivity index (χ0v) is 14.0. The Labute approximate surface area is 140 Å². The summed E-state index contributed by atoms with van der Waals surface area (Å²) in [6.45, 7) is 1.94. The number of carbonyl (C=O) groups is 1. The van der Waals surface area contributed by atoms with Crippen LogP contribution in [0.2, 0.25) is 0 Å². The fraction of sp³-hybridized carbons (Fsp3) is 0.211. The van der Waals surface area contributed by atoms with Gasteiger partial charge < -0.3 is 18.9 Å². The van der Waals surface area contributed by atoms with Gasteiger partial charge in [-0.2, -0.15) is 0 Å². The number of allylic oxidation sites excluding steroid dienone is 1. The summed E-state index contributed by atoms with van der Waals surface area (Å²) >= 11 is 0. The van der Waals surface area contributed by atoms with Gasteiger partial charge in [0.2, 0.25) is 11.5 Å². The number of Topliss-reactive ketones (excluding diaryl/α,β-unsaturated/α-hetero) is 1. The van der Waals surface area contributed by atoms with Crippen molar-refractivity contribution in [1.29, 1.82) is 0 Å². The first-order valence-corrected chi connectivity index (χ1v) is 7.42. The molecule has 0 atom stereocenters. The summed E-state index contributed by atoms with van der Waals surface area (Å²) in [5.41, 5.74) is 2.31. The van der Waals surface area contributed by atoms with E-state index in [1.165, 1.54) is 0 Å². The van der Waals surface area contributed by atoms with Crippen molar-refractivity contribution < 1.29 is 23.7 Å². The van der Waals surface area contributed by atoms with Crippen LogP contribution in [0, 0.1) is 6.92 Å². The fourth-order valence-electron chi connectivity index (χ4n) is 2.64. The molecule has 0 fully saturated rings. The van der Waals surface area contributed by atoms with E-state index in [-0.39, 0.29) is 11.5 Å². The summed E-state index contributed by atoms with van der Waals surface area (Å²) in [6.07, 6.45) is 1.67. The lowest BCUT2D eigenvalue weighted by Gasteiger charge is -2.13. The lowest BCUT2D eigenvalue weighted by Crippen LogP contribution is -1.99. The van der Waals surface area contributed by atoms with E-state index in [1.54, 1.807) is 45.6 Å². The molecule has 124 valence electrons. The third kappa shape index (κ3) is 2.69. The normalized spacial score (nSPS) is 14.3. The van der Waals surface area contributed by atoms with Crippen LogP contribution >= 0.6 is 0 Å². The van der Waals surface area contributed by atoms with Gasteiger partial charge in [0, 0.05) is 0 Å². The fourth-order valence-corrected chi connectivity index (χ4v) is 2.64. The van der Waals surface area contributed by atoms with E-state index in [1.807, 2.05) is 19.1 Å². The highest BCUT2D eigenvalue weighted by atomic mass is 16.5. The molecule has 0 amide bonds. The maximum Gasteiger partial charge on any atom is 0.231 e. The summed E-state index contributed by atoms with van der Waals surface area (Å²) in [5.74, 6) is 2.24. The predicted molar refractivity (Wildman–Crippen MR) is 90.2 cm³/mol. The number of rotatable bonds is 4. The largest absolute Gasteiger partial charge is 0.493 e. The van der Waals surface area contributed by atoms with Crippen LogP contribution in [0.15, 0.2) is 36.1 Å². The van der Waals surface area contributed by atoms with Gasteiger partial charge in [-0.05, 0) is 42.8 Å². The van der Waals surface area contributed by atoms with Gasteiger partial charge in [-0.15, -0.1) is 0 Å².